The first-order valence-corrected chi connectivity index (χ1v) is 20.0. The van der Waals surface area contributed by atoms with Crippen LogP contribution in [0.5, 0.6) is 0 Å². The summed E-state index contributed by atoms with van der Waals surface area (Å²) in [6.07, 6.45) is 3.77. The summed E-state index contributed by atoms with van der Waals surface area (Å²) < 4.78 is 9.52. The van der Waals surface area contributed by atoms with Crippen molar-refractivity contribution in [3.8, 4) is 5.69 Å². The number of benzene rings is 9. The van der Waals surface area contributed by atoms with Gasteiger partial charge in [-0.1, -0.05) is 152 Å². The molecule has 0 saturated heterocycles. The van der Waals surface area contributed by atoms with Crippen molar-refractivity contribution < 1.29 is 4.42 Å². The van der Waals surface area contributed by atoms with E-state index in [0.29, 0.717) is 12.3 Å². The SMILES string of the molecule is C1=C(c2cccc3ccccc23)/N=C(c2ccccc2)\N=C(\c2ccc3c(oc4cc5ccccc5cc43)c2-n2c3ccccc3c3cc4ccccc4cc32)CC\1. The Kier molecular flexibility index (Phi) is 7.32. The molecule has 4 heteroatoms. The average Bonchev–Trinajstić information content (AvgIpc) is 3.79. The number of allylic oxidation sites excluding steroid dienone is 1. The van der Waals surface area contributed by atoms with E-state index >= 15 is 0 Å². The van der Waals surface area contributed by atoms with Crippen LogP contribution in [-0.4, -0.2) is 16.1 Å². The van der Waals surface area contributed by atoms with Gasteiger partial charge in [0.05, 0.1) is 28.1 Å². The van der Waals surface area contributed by atoms with E-state index in [9.17, 15) is 0 Å². The lowest BCUT2D eigenvalue weighted by Gasteiger charge is -2.18. The normalized spacial score (nSPS) is 16.4. The molecule has 0 bridgehead atoms. The number of amidine groups is 1. The number of aliphatic imine (C=N–C) groups is 2. The van der Waals surface area contributed by atoms with Crippen LogP contribution in [0.3, 0.4) is 0 Å². The Morgan fingerprint density at radius 1 is 0.448 bits per heavy atom. The van der Waals surface area contributed by atoms with Crippen molar-refractivity contribution in [2.75, 3.05) is 0 Å². The number of hydrogen-bond donors (Lipinski definition) is 0. The van der Waals surface area contributed by atoms with Gasteiger partial charge in [0.2, 0.25) is 0 Å². The third-order valence-electron chi connectivity index (χ3n) is 11.8. The van der Waals surface area contributed by atoms with Gasteiger partial charge in [0, 0.05) is 38.2 Å². The Balaban J connectivity index is 1.17. The molecule has 0 saturated carbocycles. The molecule has 3 heterocycles. The number of para-hydroxylation sites is 1. The van der Waals surface area contributed by atoms with Crippen molar-refractivity contribution in [1.82, 2.24) is 4.57 Å². The molecule has 0 aliphatic carbocycles. The van der Waals surface area contributed by atoms with Crippen molar-refractivity contribution >= 4 is 93.3 Å². The van der Waals surface area contributed by atoms with Gasteiger partial charge in [-0.2, -0.15) is 0 Å². The molecule has 0 radical (unpaired) electrons. The van der Waals surface area contributed by atoms with Gasteiger partial charge in [0.25, 0.3) is 0 Å². The Morgan fingerprint density at radius 2 is 1.10 bits per heavy atom. The van der Waals surface area contributed by atoms with Gasteiger partial charge in [-0.25, -0.2) is 9.98 Å². The third-order valence-corrected chi connectivity index (χ3v) is 11.8. The standard InChI is InChI=1S/C54H35N3O/c1-2-15-35(16-3-1)54-55-47(41-24-12-21-34-14-8-9-22-40(34)41)25-13-26-48(56-54)44-29-28-43-46-31-37-18-5-7-20-39(37)33-51(46)58-53(43)52(44)57-49-27-11-10-23-42(49)45-30-36-17-4-6-19-38(36)32-50(45)57/h1-12,14-25,27-33H,13,26H2/b47-25-,55-54-,56-48+. The smallest absolute Gasteiger partial charge is 0.160 e. The van der Waals surface area contributed by atoms with E-state index in [4.69, 9.17) is 14.4 Å². The second-order valence-electron chi connectivity index (χ2n) is 15.2. The van der Waals surface area contributed by atoms with Crippen LogP contribution in [-0.2, 0) is 0 Å². The van der Waals surface area contributed by atoms with Crippen molar-refractivity contribution in [2.24, 2.45) is 9.98 Å². The number of rotatable bonds is 4. The molecular formula is C54H35N3O. The van der Waals surface area contributed by atoms with Gasteiger partial charge >= 0.3 is 0 Å². The topological polar surface area (TPSA) is 42.8 Å². The number of furan rings is 1. The minimum absolute atomic E-state index is 0.685. The lowest BCUT2D eigenvalue weighted by Crippen LogP contribution is -2.12. The van der Waals surface area contributed by atoms with Crippen molar-refractivity contribution in [2.45, 2.75) is 12.8 Å². The molecule has 11 aromatic rings. The molecule has 272 valence electrons. The molecule has 0 fully saturated rings. The molecule has 0 spiro atoms. The summed E-state index contributed by atoms with van der Waals surface area (Å²) in [5, 5.41) is 11.7. The first-order valence-electron chi connectivity index (χ1n) is 20.0. The molecule has 58 heavy (non-hydrogen) atoms. The monoisotopic (exact) mass is 741 g/mol. The van der Waals surface area contributed by atoms with E-state index in [-0.39, 0.29) is 0 Å². The van der Waals surface area contributed by atoms with E-state index in [1.54, 1.807) is 0 Å². The zero-order chi connectivity index (χ0) is 38.2. The van der Waals surface area contributed by atoms with Crippen LogP contribution in [0.1, 0.15) is 29.5 Å². The van der Waals surface area contributed by atoms with E-state index in [2.05, 4.69) is 187 Å². The van der Waals surface area contributed by atoms with Crippen LogP contribution in [0.2, 0.25) is 0 Å². The second kappa shape index (κ2) is 13.0. The lowest BCUT2D eigenvalue weighted by atomic mass is 9.97. The first kappa shape index (κ1) is 32.7. The highest BCUT2D eigenvalue weighted by molar-refractivity contribution is 6.22. The summed E-state index contributed by atoms with van der Waals surface area (Å²) in [6.45, 7) is 0. The van der Waals surface area contributed by atoms with E-state index in [1.165, 1.54) is 37.7 Å². The maximum Gasteiger partial charge on any atom is 0.160 e. The molecule has 0 unspecified atom stereocenters. The molecule has 12 rings (SSSR count). The largest absolute Gasteiger partial charge is 0.454 e. The van der Waals surface area contributed by atoms with Gasteiger partial charge < -0.3 is 8.98 Å². The average molecular weight is 742 g/mol. The Labute approximate surface area is 334 Å². The maximum atomic E-state index is 7.10. The molecule has 1 aliphatic heterocycles. The van der Waals surface area contributed by atoms with Crippen LogP contribution < -0.4 is 0 Å². The maximum absolute atomic E-state index is 7.10. The summed E-state index contributed by atoms with van der Waals surface area (Å²) in [5.74, 6) is 0.685. The van der Waals surface area contributed by atoms with E-state index in [0.717, 1.165) is 78.6 Å². The summed E-state index contributed by atoms with van der Waals surface area (Å²) in [5.41, 5.74) is 9.95. The number of aromatic nitrogens is 1. The minimum Gasteiger partial charge on any atom is -0.454 e. The quantitative estimate of drug-likeness (QED) is 0.177. The number of hydrogen-bond acceptors (Lipinski definition) is 3. The number of nitrogens with zero attached hydrogens (tertiary/aromatic N) is 3. The second-order valence-corrected chi connectivity index (χ2v) is 15.2. The summed E-state index contributed by atoms with van der Waals surface area (Å²) in [4.78, 5) is 11.0. The Bertz CT molecular complexity index is 3560. The molecule has 9 aromatic carbocycles. The predicted octanol–water partition coefficient (Wildman–Crippen LogP) is 14.2. The van der Waals surface area contributed by atoms with Crippen LogP contribution in [0.4, 0.5) is 0 Å². The van der Waals surface area contributed by atoms with Gasteiger partial charge in [-0.05, 0) is 81.6 Å². The molecule has 4 nitrogen and oxygen atoms in total. The fourth-order valence-corrected chi connectivity index (χ4v) is 9.11. The fourth-order valence-electron chi connectivity index (χ4n) is 9.11. The summed E-state index contributed by atoms with van der Waals surface area (Å²) >= 11 is 0. The summed E-state index contributed by atoms with van der Waals surface area (Å²) in [7, 11) is 0. The van der Waals surface area contributed by atoms with Crippen LogP contribution in [0.25, 0.3) is 87.4 Å². The summed E-state index contributed by atoms with van der Waals surface area (Å²) in [6, 6.07) is 64.9. The van der Waals surface area contributed by atoms with Gasteiger partial charge in [-0.3, -0.25) is 0 Å². The molecule has 0 atom stereocenters. The van der Waals surface area contributed by atoms with Crippen LogP contribution >= 0.6 is 0 Å². The van der Waals surface area contributed by atoms with Crippen LogP contribution in [0, 0.1) is 0 Å². The number of fused-ring (bicyclic) bond motifs is 9. The Hall–Kier alpha value is -7.56. The molecule has 2 aromatic heterocycles. The van der Waals surface area contributed by atoms with Gasteiger partial charge in [0.1, 0.15) is 5.58 Å². The highest BCUT2D eigenvalue weighted by atomic mass is 16.3. The zero-order valence-electron chi connectivity index (χ0n) is 31.6. The van der Waals surface area contributed by atoms with Crippen molar-refractivity contribution in [3.05, 3.63) is 205 Å². The minimum atomic E-state index is 0.685. The molecule has 1 aliphatic rings. The molecule has 0 amide bonds. The van der Waals surface area contributed by atoms with Gasteiger partial charge in [-0.15, -0.1) is 0 Å². The molecule has 0 N–H and O–H groups in total. The first-order chi connectivity index (χ1) is 28.7. The fraction of sp³-hybridized carbons (Fsp3) is 0.0370. The highest BCUT2D eigenvalue weighted by Crippen LogP contribution is 2.42. The lowest BCUT2D eigenvalue weighted by molar-refractivity contribution is 0.666. The van der Waals surface area contributed by atoms with Crippen LogP contribution in [0.15, 0.2) is 202 Å². The zero-order valence-corrected chi connectivity index (χ0v) is 31.6. The van der Waals surface area contributed by atoms with Crippen molar-refractivity contribution in [3.63, 3.8) is 0 Å². The van der Waals surface area contributed by atoms with Gasteiger partial charge in [0.15, 0.2) is 11.4 Å². The van der Waals surface area contributed by atoms with Crippen molar-refractivity contribution in [1.29, 1.82) is 0 Å². The third kappa shape index (κ3) is 5.15. The van der Waals surface area contributed by atoms with E-state index < -0.39 is 0 Å². The van der Waals surface area contributed by atoms with E-state index in [1.807, 2.05) is 6.07 Å². The predicted molar refractivity (Wildman–Crippen MR) is 244 cm³/mol. The molecular weight excluding hydrogens is 707 g/mol. The Morgan fingerprint density at radius 3 is 1.91 bits per heavy atom. The highest BCUT2D eigenvalue weighted by Gasteiger charge is 2.25.